The molecule has 0 saturated carbocycles. The number of carbonyl (C=O) groups is 1. The lowest BCUT2D eigenvalue weighted by molar-refractivity contribution is -0.0893. The smallest absolute Gasteiger partial charge is 0.412 e. The second-order valence-electron chi connectivity index (χ2n) is 7.69. The quantitative estimate of drug-likeness (QED) is 0.818. The van der Waals surface area contributed by atoms with E-state index in [0.29, 0.717) is 13.2 Å². The molecule has 0 fully saturated rings. The zero-order valence-corrected chi connectivity index (χ0v) is 15.2. The molecule has 0 radical (unpaired) electrons. The predicted octanol–water partition coefficient (Wildman–Crippen LogP) is 2.58. The highest BCUT2D eigenvalue weighted by atomic mass is 16.6. The van der Waals surface area contributed by atoms with E-state index in [0.717, 1.165) is 5.46 Å². The summed E-state index contributed by atoms with van der Waals surface area (Å²) in [7, 11) is 0.334. The first-order valence-electron chi connectivity index (χ1n) is 7.75. The molecule has 1 aromatic rings. The van der Waals surface area contributed by atoms with Gasteiger partial charge in [-0.2, -0.15) is 0 Å². The lowest BCUT2D eigenvalue weighted by Crippen LogP contribution is -2.49. The van der Waals surface area contributed by atoms with E-state index in [-0.39, 0.29) is 0 Å². The minimum absolute atomic E-state index is 0.334. The molecule has 0 aliphatic carbocycles. The van der Waals surface area contributed by atoms with E-state index in [1.807, 2.05) is 52.8 Å². The number of amides is 1. The minimum atomic E-state index is -0.959. The number of ether oxygens (including phenoxy) is 1. The van der Waals surface area contributed by atoms with Gasteiger partial charge in [-0.25, -0.2) is 4.79 Å². The Morgan fingerprint density at radius 2 is 1.74 bits per heavy atom. The number of carbonyl (C=O) groups excluding carboxylic acids is 1. The van der Waals surface area contributed by atoms with E-state index >= 15 is 0 Å². The van der Waals surface area contributed by atoms with E-state index in [4.69, 9.17) is 9.39 Å². The van der Waals surface area contributed by atoms with Crippen LogP contribution in [0.3, 0.4) is 0 Å². The third kappa shape index (κ3) is 6.63. The molecule has 0 aromatic heterocycles. The fourth-order valence-electron chi connectivity index (χ4n) is 1.60. The third-order valence-corrected chi connectivity index (χ3v) is 3.65. The maximum Gasteiger partial charge on any atom is 0.412 e. The van der Waals surface area contributed by atoms with E-state index in [2.05, 4.69) is 5.32 Å². The third-order valence-electron chi connectivity index (χ3n) is 3.65. The summed E-state index contributed by atoms with van der Waals surface area (Å²) in [6.07, 6.45) is -0.493. The average Bonchev–Trinajstić information content (AvgIpc) is 2.33. The molecule has 6 heteroatoms. The maximum atomic E-state index is 11.8. The zero-order valence-electron chi connectivity index (χ0n) is 15.2. The molecule has 23 heavy (non-hydrogen) atoms. The molecule has 0 aliphatic rings. The van der Waals surface area contributed by atoms with Gasteiger partial charge < -0.3 is 14.5 Å². The molecule has 0 atom stereocenters. The van der Waals surface area contributed by atoms with E-state index in [1.165, 1.54) is 0 Å². The van der Waals surface area contributed by atoms with Gasteiger partial charge in [-0.15, -0.1) is 0 Å². The molecule has 1 aromatic carbocycles. The summed E-state index contributed by atoms with van der Waals surface area (Å²) in [4.78, 5) is 11.8. The van der Waals surface area contributed by atoms with Gasteiger partial charge in [0.15, 0.2) is 0 Å². The summed E-state index contributed by atoms with van der Waals surface area (Å²) < 4.78 is 11.1. The molecule has 0 heterocycles. The number of rotatable bonds is 5. The number of hydrogen-bond donors (Lipinski definition) is 2. The average molecular weight is 321 g/mol. The molecule has 1 amide bonds. The Morgan fingerprint density at radius 3 is 2.26 bits per heavy atom. The minimum Gasteiger partial charge on any atom is -0.444 e. The van der Waals surface area contributed by atoms with Crippen LogP contribution in [-0.4, -0.2) is 35.5 Å². The Labute approximate surface area is 139 Å². The van der Waals surface area contributed by atoms with Crippen molar-refractivity contribution < 1.29 is 19.3 Å². The number of hydrogen-bond acceptors (Lipinski definition) is 4. The molecular formula is C17H28BNO4. The first kappa shape index (κ1) is 19.5. The molecular weight excluding hydrogens is 293 g/mol. The summed E-state index contributed by atoms with van der Waals surface area (Å²) in [6.45, 7) is 12.6. The zero-order chi connectivity index (χ0) is 17.9. The number of benzene rings is 1. The molecule has 128 valence electrons. The van der Waals surface area contributed by atoms with Crippen LogP contribution in [0.1, 0.15) is 48.5 Å². The standard InChI is InChI=1S/C17H28BNO4/c1-15(2,3)22-14(20)19-13-10-8-9-12(11-13)18-23-17(6,7)16(4,5)21/h8-11,18,21H,1-7H3,(H,19,20). The van der Waals surface area contributed by atoms with Crippen LogP contribution in [-0.2, 0) is 9.39 Å². The summed E-state index contributed by atoms with van der Waals surface area (Å²) in [5.41, 5.74) is -0.653. The van der Waals surface area contributed by atoms with Crippen LogP contribution in [0.4, 0.5) is 10.5 Å². The van der Waals surface area contributed by atoms with Crippen molar-refractivity contribution in [3.8, 4) is 0 Å². The number of nitrogens with one attached hydrogen (secondary N) is 1. The van der Waals surface area contributed by atoms with Crippen molar-refractivity contribution >= 4 is 24.7 Å². The van der Waals surface area contributed by atoms with Gasteiger partial charge in [0.05, 0.1) is 11.2 Å². The highest BCUT2D eigenvalue weighted by molar-refractivity contribution is 6.47. The fourth-order valence-corrected chi connectivity index (χ4v) is 1.60. The normalized spacial score (nSPS) is 12.7. The molecule has 0 bridgehead atoms. The molecule has 0 spiro atoms. The monoisotopic (exact) mass is 321 g/mol. The van der Waals surface area contributed by atoms with Crippen LogP contribution >= 0.6 is 0 Å². The van der Waals surface area contributed by atoms with Crippen molar-refractivity contribution in [2.45, 2.75) is 65.3 Å². The molecule has 0 unspecified atom stereocenters. The fraction of sp³-hybridized carbons (Fsp3) is 0.588. The molecule has 0 saturated heterocycles. The molecule has 2 N–H and O–H groups in total. The Bertz CT molecular complexity index is 544. The van der Waals surface area contributed by atoms with Gasteiger partial charge in [0.1, 0.15) is 5.60 Å². The summed E-state index contributed by atoms with van der Waals surface area (Å²) >= 11 is 0. The Morgan fingerprint density at radius 1 is 1.13 bits per heavy atom. The maximum absolute atomic E-state index is 11.8. The first-order chi connectivity index (χ1) is 10.3. The van der Waals surface area contributed by atoms with Gasteiger partial charge in [0.2, 0.25) is 0 Å². The first-order valence-corrected chi connectivity index (χ1v) is 7.75. The van der Waals surface area contributed by atoms with E-state index in [9.17, 15) is 9.90 Å². The molecule has 0 aliphatic heterocycles. The van der Waals surface area contributed by atoms with Crippen LogP contribution < -0.4 is 10.8 Å². The van der Waals surface area contributed by atoms with Crippen molar-refractivity contribution in [1.82, 2.24) is 0 Å². The van der Waals surface area contributed by atoms with Crippen molar-refractivity contribution in [1.29, 1.82) is 0 Å². The summed E-state index contributed by atoms with van der Waals surface area (Å²) in [6, 6.07) is 7.35. The van der Waals surface area contributed by atoms with E-state index in [1.54, 1.807) is 19.9 Å². The highest BCUT2D eigenvalue weighted by Crippen LogP contribution is 2.24. The van der Waals surface area contributed by atoms with Crippen LogP contribution in [0.25, 0.3) is 0 Å². The van der Waals surface area contributed by atoms with Gasteiger partial charge in [0, 0.05) is 5.69 Å². The van der Waals surface area contributed by atoms with Crippen molar-refractivity contribution in [2.75, 3.05) is 5.32 Å². The summed E-state index contributed by atoms with van der Waals surface area (Å²) in [5.74, 6) is 0. The lowest BCUT2D eigenvalue weighted by Gasteiger charge is -2.37. The van der Waals surface area contributed by atoms with Gasteiger partial charge in [-0.1, -0.05) is 17.6 Å². The Balaban J connectivity index is 2.69. The van der Waals surface area contributed by atoms with Gasteiger partial charge in [-0.05, 0) is 60.6 Å². The summed E-state index contributed by atoms with van der Waals surface area (Å²) in [5, 5.41) is 12.8. The van der Waals surface area contributed by atoms with Gasteiger partial charge in [0.25, 0.3) is 0 Å². The van der Waals surface area contributed by atoms with Crippen LogP contribution in [0, 0.1) is 0 Å². The Kier molecular flexibility index (Phi) is 5.88. The lowest BCUT2D eigenvalue weighted by atomic mass is 9.82. The molecule has 5 nitrogen and oxygen atoms in total. The van der Waals surface area contributed by atoms with Crippen LogP contribution in [0.2, 0.25) is 0 Å². The van der Waals surface area contributed by atoms with Gasteiger partial charge in [-0.3, -0.25) is 5.32 Å². The second kappa shape index (κ2) is 6.93. The van der Waals surface area contributed by atoms with Crippen molar-refractivity contribution in [3.05, 3.63) is 24.3 Å². The highest BCUT2D eigenvalue weighted by Gasteiger charge is 2.35. The Hall–Kier alpha value is -1.53. The predicted molar refractivity (Wildman–Crippen MR) is 94.5 cm³/mol. The number of anilines is 1. The van der Waals surface area contributed by atoms with Crippen LogP contribution in [0.5, 0.6) is 0 Å². The number of aliphatic hydroxyl groups is 1. The van der Waals surface area contributed by atoms with Crippen molar-refractivity contribution in [2.24, 2.45) is 0 Å². The topological polar surface area (TPSA) is 67.8 Å². The van der Waals surface area contributed by atoms with Crippen molar-refractivity contribution in [3.63, 3.8) is 0 Å². The SMILES string of the molecule is CC(C)(C)OC(=O)Nc1cccc(BOC(C)(C)C(C)(C)O)c1. The van der Waals surface area contributed by atoms with Crippen LogP contribution in [0.15, 0.2) is 24.3 Å². The van der Waals surface area contributed by atoms with Gasteiger partial charge >= 0.3 is 13.6 Å². The molecule has 1 rings (SSSR count). The van der Waals surface area contributed by atoms with E-state index < -0.39 is 22.9 Å². The largest absolute Gasteiger partial charge is 0.444 e. The second-order valence-corrected chi connectivity index (χ2v) is 7.69.